The maximum Gasteiger partial charge on any atom is 0.257 e. The minimum atomic E-state index is -1.42. The summed E-state index contributed by atoms with van der Waals surface area (Å²) in [7, 11) is 1.63. The summed E-state index contributed by atoms with van der Waals surface area (Å²) in [4.78, 5) is 57.5. The quantitative estimate of drug-likeness (QED) is 0.0721. The molecule has 4 aliphatic heterocycles. The number of nitrogens with two attached hydrogens (primary N) is 1. The molecule has 15 heteroatoms. The predicted molar refractivity (Wildman–Crippen MR) is 246 cm³/mol. The van der Waals surface area contributed by atoms with Crippen LogP contribution < -0.4 is 29.6 Å². The molecule has 1 aromatic heterocycles. The fourth-order valence-corrected chi connectivity index (χ4v) is 9.45. The van der Waals surface area contributed by atoms with Gasteiger partial charge in [-0.3, -0.25) is 29.3 Å². The van der Waals surface area contributed by atoms with Crippen molar-refractivity contribution in [1.82, 2.24) is 14.8 Å². The van der Waals surface area contributed by atoms with Gasteiger partial charge in [-0.25, -0.2) is 0 Å². The lowest BCUT2D eigenvalue weighted by Gasteiger charge is -2.35. The van der Waals surface area contributed by atoms with Crippen molar-refractivity contribution >= 4 is 49.1 Å². The van der Waals surface area contributed by atoms with Gasteiger partial charge in [-0.15, -0.1) is 0 Å². The van der Waals surface area contributed by atoms with E-state index in [1.165, 1.54) is 12.7 Å². The number of rotatable bonds is 13. The average Bonchev–Trinajstić information content (AvgIpc) is 3.47. The average molecular weight is 881 g/mol. The first kappa shape index (κ1) is 42.6. The van der Waals surface area contributed by atoms with E-state index in [2.05, 4.69) is 31.8 Å². The third-order valence-corrected chi connectivity index (χ3v) is 14.0. The van der Waals surface area contributed by atoms with Gasteiger partial charge in [-0.1, -0.05) is 56.0 Å². The number of pyridine rings is 1. The maximum absolute atomic E-state index is 14.5. The number of nitrogen functional groups attached to an aromatic ring is 1. The van der Waals surface area contributed by atoms with Crippen LogP contribution in [0.3, 0.4) is 0 Å². The van der Waals surface area contributed by atoms with Gasteiger partial charge in [0.15, 0.2) is 23.0 Å². The van der Waals surface area contributed by atoms with Gasteiger partial charge in [0.2, 0.25) is 0 Å². The van der Waals surface area contributed by atoms with Crippen molar-refractivity contribution in [1.29, 1.82) is 0 Å². The first-order valence-electron chi connectivity index (χ1n) is 21.5. The van der Waals surface area contributed by atoms with Crippen LogP contribution in [-0.4, -0.2) is 86.4 Å². The number of carbonyl (C=O) groups excluding carboxylic acids is 3. The summed E-state index contributed by atoms with van der Waals surface area (Å²) < 4.78 is 30.3. The second-order valence-electron chi connectivity index (χ2n) is 17.8. The van der Waals surface area contributed by atoms with Crippen LogP contribution in [0.25, 0.3) is 0 Å². The normalized spacial score (nSPS) is 17.6. The number of carbonyl (C=O) groups is 3. The molecule has 5 aromatic rings. The zero-order valence-corrected chi connectivity index (χ0v) is 37.8. The number of methoxy groups -OCH3 is 2. The van der Waals surface area contributed by atoms with Gasteiger partial charge >= 0.3 is 0 Å². The fourth-order valence-electron chi connectivity index (χ4n) is 8.69. The Hall–Kier alpha value is -6.71. The van der Waals surface area contributed by atoms with Crippen molar-refractivity contribution in [3.8, 4) is 23.0 Å². The summed E-state index contributed by atoms with van der Waals surface area (Å²) in [6.07, 6.45) is 2.90. The van der Waals surface area contributed by atoms with E-state index in [9.17, 15) is 14.4 Å². The molecule has 14 nitrogen and oxygen atoms in total. The van der Waals surface area contributed by atoms with Crippen molar-refractivity contribution in [2.24, 2.45) is 4.99 Å². The van der Waals surface area contributed by atoms with Crippen molar-refractivity contribution in [3.63, 3.8) is 0 Å². The molecule has 0 radical (unpaired) electrons. The van der Waals surface area contributed by atoms with Crippen LogP contribution in [0.4, 0.5) is 17.1 Å². The number of amides is 3. The van der Waals surface area contributed by atoms with Gasteiger partial charge in [0.25, 0.3) is 17.7 Å². The van der Waals surface area contributed by atoms with Crippen molar-refractivity contribution in [3.05, 3.63) is 130 Å². The molecule has 0 spiro atoms. The van der Waals surface area contributed by atoms with E-state index in [4.69, 9.17) is 39.4 Å². The minimum Gasteiger partial charge on any atom is -0.493 e. The summed E-state index contributed by atoms with van der Waals surface area (Å²) >= 11 is 0. The molecule has 0 saturated carbocycles. The monoisotopic (exact) mass is 880 g/mol. The van der Waals surface area contributed by atoms with Crippen molar-refractivity contribution < 1.29 is 38.1 Å². The third-order valence-electron chi connectivity index (χ3n) is 12.3. The number of nitrogens with zero attached hydrogens (tertiary/aromatic N) is 5. The zero-order valence-electron chi connectivity index (χ0n) is 36.8. The van der Waals surface area contributed by atoms with Crippen LogP contribution >= 0.6 is 0 Å². The molecule has 330 valence electrons. The number of benzene rings is 4. The minimum absolute atomic E-state index is 0.0245. The molecule has 3 amide bonds. The molecular weight excluding hydrogens is 829 g/mol. The Labute approximate surface area is 373 Å². The predicted octanol–water partition coefficient (Wildman–Crippen LogP) is 7.35. The lowest BCUT2D eigenvalue weighted by molar-refractivity contribution is -0.124. The highest BCUT2D eigenvalue weighted by Gasteiger charge is 2.43. The Kier molecular flexibility index (Phi) is 11.6. The number of hydrogen-bond acceptors (Lipinski definition) is 11. The smallest absolute Gasteiger partial charge is 0.257 e. The molecule has 1 unspecified atom stereocenters. The first-order valence-corrected chi connectivity index (χ1v) is 25.2. The molecule has 0 saturated heterocycles. The summed E-state index contributed by atoms with van der Waals surface area (Å²) in [5, 5.41) is 0. The van der Waals surface area contributed by atoms with Crippen LogP contribution in [0.5, 0.6) is 23.0 Å². The van der Waals surface area contributed by atoms with Crippen molar-refractivity contribution in [2.75, 3.05) is 38.2 Å². The molecule has 64 heavy (non-hydrogen) atoms. The topological polar surface area (TPSA) is 158 Å². The van der Waals surface area contributed by atoms with E-state index in [0.717, 1.165) is 22.7 Å². The maximum atomic E-state index is 14.5. The number of aromatic nitrogens is 1. The lowest BCUT2D eigenvalue weighted by atomic mass is 9.92. The highest BCUT2D eigenvalue weighted by Crippen LogP contribution is 2.42. The van der Waals surface area contributed by atoms with E-state index >= 15 is 0 Å². The Bertz CT molecular complexity index is 2680. The molecule has 0 fully saturated rings. The molecule has 2 N–H and O–H groups in total. The van der Waals surface area contributed by atoms with Crippen molar-refractivity contribution in [2.45, 2.75) is 76.9 Å². The Balaban J connectivity index is 0.935. The number of hydrogen-bond donors (Lipinski definition) is 1. The van der Waals surface area contributed by atoms with Crippen LogP contribution in [0.15, 0.2) is 89.9 Å². The van der Waals surface area contributed by atoms with E-state index in [1.54, 1.807) is 41.2 Å². The zero-order chi connectivity index (χ0) is 44.7. The lowest BCUT2D eigenvalue weighted by Crippen LogP contribution is -2.52. The van der Waals surface area contributed by atoms with Crippen LogP contribution in [0, 0.1) is 0 Å². The van der Waals surface area contributed by atoms with E-state index in [0.29, 0.717) is 88.6 Å². The van der Waals surface area contributed by atoms with Gasteiger partial charge < -0.3 is 39.2 Å². The number of aliphatic imine (C=N–C) groups is 1. The molecule has 9 rings (SSSR count). The molecule has 4 aromatic carbocycles. The number of fused-ring (bicyclic) bond motifs is 6. The molecule has 2 atom stereocenters. The van der Waals surface area contributed by atoms with Gasteiger partial charge in [0.1, 0.15) is 26.0 Å². The van der Waals surface area contributed by atoms with Crippen LogP contribution in [0.2, 0.25) is 25.7 Å². The second-order valence-corrected chi connectivity index (χ2v) is 23.4. The fraction of sp³-hybridized carbons (Fsp3) is 0.327. The summed E-state index contributed by atoms with van der Waals surface area (Å²) in [5.74, 6) is 0.854. The largest absolute Gasteiger partial charge is 0.493 e. The highest BCUT2D eigenvalue weighted by atomic mass is 28.3. The van der Waals surface area contributed by atoms with Gasteiger partial charge in [-0.2, -0.15) is 0 Å². The summed E-state index contributed by atoms with van der Waals surface area (Å²) in [6, 6.07) is 26.1. The Morgan fingerprint density at radius 2 is 1.36 bits per heavy atom. The van der Waals surface area contributed by atoms with Crippen LogP contribution in [0.1, 0.15) is 54.4 Å². The number of anilines is 2. The standard InChI is InChI=1S/C49H52N6O8Si/c1-59-43-20-38-40(51-24-37-18-30-9-6-7-10-32(30)25-53(37)47(38)56)22-45(43)62-27-35-11-8-12-36(52-35)28-63-46-23-41-39(21-44(46)60-2)48(57)54-26-33-17-34(50)14-13-31(33)19-42(54)49(58)55(41)29-61-15-16-64(3,4)5/h6-14,17,20-24,37,42H,15-16,18-19,25-29,50H2,1-5H3/t37-,42?/m0/s1. The number of ether oxygens (including phenoxy) is 5. The van der Waals surface area contributed by atoms with E-state index in [-0.39, 0.29) is 50.3 Å². The van der Waals surface area contributed by atoms with Gasteiger partial charge in [-0.05, 0) is 71.1 Å². The molecule has 5 heterocycles. The Morgan fingerprint density at radius 3 is 2.08 bits per heavy atom. The van der Waals surface area contributed by atoms with E-state index < -0.39 is 14.1 Å². The van der Waals surface area contributed by atoms with Crippen LogP contribution in [-0.2, 0) is 48.7 Å². The highest BCUT2D eigenvalue weighted by molar-refractivity contribution is 6.76. The van der Waals surface area contributed by atoms with Gasteiger partial charge in [0.05, 0.1) is 54.2 Å². The molecule has 0 bridgehead atoms. The first-order chi connectivity index (χ1) is 30.9. The van der Waals surface area contributed by atoms with E-state index in [1.807, 2.05) is 59.6 Å². The second kappa shape index (κ2) is 17.5. The van der Waals surface area contributed by atoms with Gasteiger partial charge in [0, 0.05) is 58.2 Å². The summed E-state index contributed by atoms with van der Waals surface area (Å²) in [6.45, 7) is 8.17. The third kappa shape index (κ3) is 8.52. The molecule has 4 aliphatic rings. The molecule has 0 aliphatic carbocycles. The SMILES string of the molecule is COc1cc2c(cc1OCc1cccc(COc3cc4c(cc3OC)C(=O)N3Cc5cc(N)ccc5CC3C(=O)N4COCC[Si](C)(C)C)n1)N=C[C@@H]1Cc3ccccc3CN1C2=O. The molecular formula is C49H52N6O8Si. The Morgan fingerprint density at radius 1 is 0.703 bits per heavy atom. The summed E-state index contributed by atoms with van der Waals surface area (Å²) in [5.41, 5.74) is 13.9.